The number of hydrogen-bond donors (Lipinski definition) is 1. The molecule has 0 spiro atoms. The second-order valence-corrected chi connectivity index (χ2v) is 3.00. The standard InChI is InChI=1S/C12H12F2O2/c13-6-2-8-16-12-9-10(3-1-7-15)4-5-11(12)14/h4-5,9,15H,2,6-8H2. The topological polar surface area (TPSA) is 29.5 Å². The van der Waals surface area contributed by atoms with E-state index in [0.717, 1.165) is 0 Å². The summed E-state index contributed by atoms with van der Waals surface area (Å²) in [5.74, 6) is 4.63. The van der Waals surface area contributed by atoms with E-state index in [9.17, 15) is 8.78 Å². The lowest BCUT2D eigenvalue weighted by Crippen LogP contribution is -2.00. The minimum absolute atomic E-state index is 0.0539. The summed E-state index contributed by atoms with van der Waals surface area (Å²) in [7, 11) is 0. The van der Waals surface area contributed by atoms with Gasteiger partial charge in [0.15, 0.2) is 11.6 Å². The van der Waals surface area contributed by atoms with Crippen LogP contribution in [0.4, 0.5) is 8.78 Å². The summed E-state index contributed by atoms with van der Waals surface area (Å²) in [4.78, 5) is 0. The second-order valence-electron chi connectivity index (χ2n) is 3.00. The van der Waals surface area contributed by atoms with Gasteiger partial charge in [0.25, 0.3) is 0 Å². The van der Waals surface area contributed by atoms with Gasteiger partial charge in [-0.15, -0.1) is 0 Å². The number of ether oxygens (including phenoxy) is 1. The molecular weight excluding hydrogens is 214 g/mol. The molecule has 0 fully saturated rings. The van der Waals surface area contributed by atoms with Crippen molar-refractivity contribution < 1.29 is 18.6 Å². The molecule has 86 valence electrons. The van der Waals surface area contributed by atoms with E-state index < -0.39 is 12.5 Å². The van der Waals surface area contributed by atoms with E-state index in [1.165, 1.54) is 18.2 Å². The second kappa shape index (κ2) is 6.81. The lowest BCUT2D eigenvalue weighted by molar-refractivity contribution is 0.277. The van der Waals surface area contributed by atoms with Crippen molar-refractivity contribution in [1.29, 1.82) is 0 Å². The number of aliphatic hydroxyl groups is 1. The summed E-state index contributed by atoms with van der Waals surface area (Å²) in [6.45, 7) is -0.620. The van der Waals surface area contributed by atoms with E-state index in [1.807, 2.05) is 0 Å². The molecule has 0 aliphatic carbocycles. The number of alkyl halides is 1. The Morgan fingerprint density at radius 2 is 2.19 bits per heavy atom. The molecule has 0 saturated heterocycles. The third kappa shape index (κ3) is 3.87. The van der Waals surface area contributed by atoms with Gasteiger partial charge in [-0.3, -0.25) is 4.39 Å². The molecule has 2 nitrogen and oxygen atoms in total. The first-order valence-electron chi connectivity index (χ1n) is 4.86. The molecular formula is C12H12F2O2. The van der Waals surface area contributed by atoms with Crippen LogP contribution in [0.25, 0.3) is 0 Å². The highest BCUT2D eigenvalue weighted by Gasteiger charge is 2.03. The number of benzene rings is 1. The van der Waals surface area contributed by atoms with Gasteiger partial charge in [0.1, 0.15) is 6.61 Å². The Kier molecular flexibility index (Phi) is 5.30. The molecule has 0 unspecified atom stereocenters. The fourth-order valence-electron chi connectivity index (χ4n) is 1.07. The van der Waals surface area contributed by atoms with Crippen LogP contribution in [0.3, 0.4) is 0 Å². The van der Waals surface area contributed by atoms with Crippen LogP contribution in [0.5, 0.6) is 5.75 Å². The molecule has 0 saturated carbocycles. The van der Waals surface area contributed by atoms with Gasteiger partial charge in [0, 0.05) is 12.0 Å². The van der Waals surface area contributed by atoms with Crippen molar-refractivity contribution in [1.82, 2.24) is 0 Å². The highest BCUT2D eigenvalue weighted by atomic mass is 19.1. The summed E-state index contributed by atoms with van der Waals surface area (Å²) < 4.78 is 30.1. The van der Waals surface area contributed by atoms with Crippen LogP contribution >= 0.6 is 0 Å². The normalized spacial score (nSPS) is 9.44. The Bertz CT molecular complexity index is 394. The van der Waals surface area contributed by atoms with Crippen molar-refractivity contribution in [2.75, 3.05) is 19.9 Å². The van der Waals surface area contributed by atoms with Crippen LogP contribution in [0.2, 0.25) is 0 Å². The Morgan fingerprint density at radius 3 is 2.88 bits per heavy atom. The zero-order valence-corrected chi connectivity index (χ0v) is 8.67. The molecule has 0 aliphatic rings. The lowest BCUT2D eigenvalue weighted by Gasteiger charge is -2.06. The molecule has 1 aromatic rings. The van der Waals surface area contributed by atoms with Gasteiger partial charge >= 0.3 is 0 Å². The summed E-state index contributed by atoms with van der Waals surface area (Å²) in [5, 5.41) is 8.50. The van der Waals surface area contributed by atoms with Crippen LogP contribution in [0.1, 0.15) is 12.0 Å². The first-order valence-corrected chi connectivity index (χ1v) is 4.86. The maximum atomic E-state index is 13.2. The van der Waals surface area contributed by atoms with Gasteiger partial charge in [-0.25, -0.2) is 4.39 Å². The van der Waals surface area contributed by atoms with E-state index in [2.05, 4.69) is 11.8 Å². The molecule has 1 N–H and O–H groups in total. The van der Waals surface area contributed by atoms with Crippen LogP contribution in [-0.4, -0.2) is 25.0 Å². The van der Waals surface area contributed by atoms with E-state index in [0.29, 0.717) is 5.56 Å². The van der Waals surface area contributed by atoms with E-state index in [-0.39, 0.29) is 25.4 Å². The molecule has 16 heavy (non-hydrogen) atoms. The smallest absolute Gasteiger partial charge is 0.165 e. The van der Waals surface area contributed by atoms with Gasteiger partial charge in [0.05, 0.1) is 13.3 Å². The largest absolute Gasteiger partial charge is 0.490 e. The predicted octanol–water partition coefficient (Wildman–Crippen LogP) is 1.91. The fraction of sp³-hybridized carbons (Fsp3) is 0.333. The number of hydrogen-bond acceptors (Lipinski definition) is 2. The first kappa shape index (κ1) is 12.5. The van der Waals surface area contributed by atoms with Crippen LogP contribution in [0, 0.1) is 17.7 Å². The van der Waals surface area contributed by atoms with Crippen molar-refractivity contribution in [2.24, 2.45) is 0 Å². The monoisotopic (exact) mass is 226 g/mol. The molecule has 0 atom stereocenters. The van der Waals surface area contributed by atoms with E-state index in [1.54, 1.807) is 0 Å². The summed E-state index contributed by atoms with van der Waals surface area (Å²) >= 11 is 0. The first-order chi connectivity index (χ1) is 7.77. The summed E-state index contributed by atoms with van der Waals surface area (Å²) in [6, 6.07) is 4.14. The van der Waals surface area contributed by atoms with Crippen LogP contribution in [0.15, 0.2) is 18.2 Å². The zero-order chi connectivity index (χ0) is 11.8. The Hall–Kier alpha value is -1.60. The highest BCUT2D eigenvalue weighted by molar-refractivity contribution is 5.40. The number of aliphatic hydroxyl groups excluding tert-OH is 1. The molecule has 0 radical (unpaired) electrons. The molecule has 0 amide bonds. The van der Waals surface area contributed by atoms with Crippen LogP contribution < -0.4 is 4.74 Å². The average molecular weight is 226 g/mol. The minimum atomic E-state index is -0.506. The van der Waals surface area contributed by atoms with Gasteiger partial charge in [-0.1, -0.05) is 11.8 Å². The highest BCUT2D eigenvalue weighted by Crippen LogP contribution is 2.18. The summed E-state index contributed by atoms with van der Waals surface area (Å²) in [6.07, 6.45) is 0.228. The zero-order valence-electron chi connectivity index (χ0n) is 8.67. The fourth-order valence-corrected chi connectivity index (χ4v) is 1.07. The van der Waals surface area contributed by atoms with Crippen molar-refractivity contribution in [2.45, 2.75) is 6.42 Å². The molecule has 0 aromatic heterocycles. The minimum Gasteiger partial charge on any atom is -0.490 e. The van der Waals surface area contributed by atoms with Crippen molar-refractivity contribution in [3.05, 3.63) is 29.6 Å². The van der Waals surface area contributed by atoms with Gasteiger partial charge in [0.2, 0.25) is 0 Å². The third-order valence-corrected chi connectivity index (χ3v) is 1.78. The lowest BCUT2D eigenvalue weighted by atomic mass is 10.2. The van der Waals surface area contributed by atoms with E-state index >= 15 is 0 Å². The van der Waals surface area contributed by atoms with E-state index in [4.69, 9.17) is 9.84 Å². The molecule has 1 rings (SSSR count). The molecule has 0 bridgehead atoms. The quantitative estimate of drug-likeness (QED) is 0.627. The maximum absolute atomic E-state index is 13.2. The Labute approximate surface area is 92.9 Å². The number of halogens is 2. The maximum Gasteiger partial charge on any atom is 0.165 e. The Balaban J connectivity index is 2.74. The van der Waals surface area contributed by atoms with Crippen molar-refractivity contribution in [3.63, 3.8) is 0 Å². The molecule has 4 heteroatoms. The van der Waals surface area contributed by atoms with Gasteiger partial charge in [-0.05, 0) is 18.2 Å². The molecule has 0 heterocycles. The molecule has 1 aromatic carbocycles. The summed E-state index contributed by atoms with van der Waals surface area (Å²) in [5.41, 5.74) is 0.547. The molecule has 0 aliphatic heterocycles. The predicted molar refractivity (Wildman–Crippen MR) is 56.5 cm³/mol. The van der Waals surface area contributed by atoms with Crippen molar-refractivity contribution >= 4 is 0 Å². The van der Waals surface area contributed by atoms with Gasteiger partial charge < -0.3 is 9.84 Å². The average Bonchev–Trinajstić information content (AvgIpc) is 2.30. The van der Waals surface area contributed by atoms with Crippen molar-refractivity contribution in [3.8, 4) is 17.6 Å². The Morgan fingerprint density at radius 1 is 1.38 bits per heavy atom. The third-order valence-electron chi connectivity index (χ3n) is 1.78. The number of rotatable bonds is 4. The SMILES string of the molecule is OCC#Cc1ccc(F)c(OCCCF)c1. The van der Waals surface area contributed by atoms with Gasteiger partial charge in [-0.2, -0.15) is 0 Å². The van der Waals surface area contributed by atoms with Crippen LogP contribution in [-0.2, 0) is 0 Å².